The SMILES string of the molecule is CC(C)(C)OC(=O)Nc1ccc(C(=O)N2CCNCC2)cc1. The number of piperazine rings is 1. The Kier molecular flexibility index (Phi) is 5.03. The van der Waals surface area contributed by atoms with Gasteiger partial charge in [-0.05, 0) is 45.0 Å². The lowest BCUT2D eigenvalue weighted by molar-refractivity contribution is 0.0635. The highest BCUT2D eigenvalue weighted by molar-refractivity contribution is 5.95. The molecule has 1 aliphatic heterocycles. The summed E-state index contributed by atoms with van der Waals surface area (Å²) in [5, 5.41) is 5.86. The van der Waals surface area contributed by atoms with Crippen LogP contribution in [0.25, 0.3) is 0 Å². The largest absolute Gasteiger partial charge is 0.444 e. The molecule has 6 nitrogen and oxygen atoms in total. The number of hydrogen-bond acceptors (Lipinski definition) is 4. The molecule has 0 saturated carbocycles. The number of nitrogens with zero attached hydrogens (tertiary/aromatic N) is 1. The van der Waals surface area contributed by atoms with E-state index >= 15 is 0 Å². The van der Waals surface area contributed by atoms with Gasteiger partial charge < -0.3 is 15.0 Å². The highest BCUT2D eigenvalue weighted by Crippen LogP contribution is 2.14. The fourth-order valence-electron chi connectivity index (χ4n) is 2.17. The first kappa shape index (κ1) is 16.3. The van der Waals surface area contributed by atoms with Gasteiger partial charge in [-0.25, -0.2) is 4.79 Å². The van der Waals surface area contributed by atoms with Crippen molar-refractivity contribution in [1.29, 1.82) is 0 Å². The number of amides is 2. The first-order valence-corrected chi connectivity index (χ1v) is 7.45. The second kappa shape index (κ2) is 6.79. The van der Waals surface area contributed by atoms with Gasteiger partial charge in [0.25, 0.3) is 5.91 Å². The first-order valence-electron chi connectivity index (χ1n) is 7.45. The third kappa shape index (κ3) is 4.73. The topological polar surface area (TPSA) is 70.7 Å². The van der Waals surface area contributed by atoms with E-state index in [-0.39, 0.29) is 5.91 Å². The van der Waals surface area contributed by atoms with E-state index in [0.29, 0.717) is 11.3 Å². The van der Waals surface area contributed by atoms with E-state index in [2.05, 4.69) is 10.6 Å². The minimum absolute atomic E-state index is 0.0188. The average molecular weight is 305 g/mol. The van der Waals surface area contributed by atoms with Crippen molar-refractivity contribution in [2.45, 2.75) is 26.4 Å². The van der Waals surface area contributed by atoms with Gasteiger partial charge in [-0.15, -0.1) is 0 Å². The molecule has 1 aliphatic rings. The second-order valence-corrected chi connectivity index (χ2v) is 6.25. The van der Waals surface area contributed by atoms with Crippen LogP contribution in [0.15, 0.2) is 24.3 Å². The number of carbonyl (C=O) groups excluding carboxylic acids is 2. The van der Waals surface area contributed by atoms with E-state index in [1.165, 1.54) is 0 Å². The van der Waals surface area contributed by atoms with Crippen molar-refractivity contribution in [3.63, 3.8) is 0 Å². The van der Waals surface area contributed by atoms with Gasteiger partial charge in [0, 0.05) is 37.4 Å². The molecule has 6 heteroatoms. The van der Waals surface area contributed by atoms with E-state index in [4.69, 9.17) is 4.74 Å². The molecule has 0 spiro atoms. The minimum Gasteiger partial charge on any atom is -0.444 e. The Labute approximate surface area is 130 Å². The van der Waals surface area contributed by atoms with Crippen LogP contribution in [0, 0.1) is 0 Å². The van der Waals surface area contributed by atoms with Crippen LogP contribution in [0.2, 0.25) is 0 Å². The molecule has 1 heterocycles. The van der Waals surface area contributed by atoms with Crippen LogP contribution in [0.4, 0.5) is 10.5 Å². The molecule has 22 heavy (non-hydrogen) atoms. The van der Waals surface area contributed by atoms with Gasteiger partial charge in [0.1, 0.15) is 5.60 Å². The molecule has 0 bridgehead atoms. The lowest BCUT2D eigenvalue weighted by atomic mass is 10.1. The minimum atomic E-state index is -0.539. The fraction of sp³-hybridized carbons (Fsp3) is 0.500. The van der Waals surface area contributed by atoms with Crippen LogP contribution in [0.5, 0.6) is 0 Å². The molecule has 2 amide bonds. The molecule has 1 aromatic rings. The molecule has 2 rings (SSSR count). The van der Waals surface area contributed by atoms with E-state index in [1.807, 2.05) is 25.7 Å². The molecular weight excluding hydrogens is 282 g/mol. The molecule has 0 unspecified atom stereocenters. The normalized spacial score (nSPS) is 15.3. The maximum absolute atomic E-state index is 12.3. The lowest BCUT2D eigenvalue weighted by Gasteiger charge is -2.27. The Morgan fingerprint density at radius 3 is 2.27 bits per heavy atom. The summed E-state index contributed by atoms with van der Waals surface area (Å²) in [5.74, 6) is 0.0188. The van der Waals surface area contributed by atoms with Gasteiger partial charge in [0.2, 0.25) is 0 Å². The Hall–Kier alpha value is -2.08. The molecule has 120 valence electrons. The third-order valence-corrected chi connectivity index (χ3v) is 3.18. The zero-order chi connectivity index (χ0) is 16.2. The van der Waals surface area contributed by atoms with Gasteiger partial charge in [-0.3, -0.25) is 10.1 Å². The van der Waals surface area contributed by atoms with Crippen molar-refractivity contribution in [2.24, 2.45) is 0 Å². The predicted octanol–water partition coefficient (Wildman–Crippen LogP) is 2.08. The van der Waals surface area contributed by atoms with Gasteiger partial charge >= 0.3 is 6.09 Å². The van der Waals surface area contributed by atoms with E-state index in [1.54, 1.807) is 24.3 Å². The number of nitrogens with one attached hydrogen (secondary N) is 2. The molecule has 0 aromatic heterocycles. The Bertz CT molecular complexity index is 529. The molecule has 0 aliphatic carbocycles. The summed E-state index contributed by atoms with van der Waals surface area (Å²) in [6.07, 6.45) is -0.506. The van der Waals surface area contributed by atoms with Crippen LogP contribution in [-0.4, -0.2) is 48.7 Å². The summed E-state index contributed by atoms with van der Waals surface area (Å²) in [5.41, 5.74) is 0.685. The smallest absolute Gasteiger partial charge is 0.412 e. The molecule has 1 fully saturated rings. The van der Waals surface area contributed by atoms with Crippen LogP contribution >= 0.6 is 0 Å². The predicted molar refractivity (Wildman–Crippen MR) is 85.1 cm³/mol. The van der Waals surface area contributed by atoms with Crippen molar-refractivity contribution in [3.8, 4) is 0 Å². The Morgan fingerprint density at radius 2 is 1.73 bits per heavy atom. The number of rotatable bonds is 2. The number of carbonyl (C=O) groups is 2. The Morgan fingerprint density at radius 1 is 1.14 bits per heavy atom. The van der Waals surface area contributed by atoms with E-state index in [0.717, 1.165) is 26.2 Å². The van der Waals surface area contributed by atoms with Crippen molar-refractivity contribution < 1.29 is 14.3 Å². The van der Waals surface area contributed by atoms with E-state index in [9.17, 15) is 9.59 Å². The van der Waals surface area contributed by atoms with Crippen LogP contribution in [0.3, 0.4) is 0 Å². The number of anilines is 1. The molecule has 1 saturated heterocycles. The van der Waals surface area contributed by atoms with Crippen molar-refractivity contribution >= 4 is 17.7 Å². The van der Waals surface area contributed by atoms with Crippen LogP contribution in [-0.2, 0) is 4.74 Å². The Balaban J connectivity index is 1.95. The van der Waals surface area contributed by atoms with Crippen LogP contribution < -0.4 is 10.6 Å². The zero-order valence-electron chi connectivity index (χ0n) is 13.3. The summed E-state index contributed by atoms with van der Waals surface area (Å²) < 4.78 is 5.18. The maximum Gasteiger partial charge on any atom is 0.412 e. The maximum atomic E-state index is 12.3. The third-order valence-electron chi connectivity index (χ3n) is 3.18. The molecule has 1 aromatic carbocycles. The monoisotopic (exact) mass is 305 g/mol. The number of benzene rings is 1. The molecule has 0 atom stereocenters. The highest BCUT2D eigenvalue weighted by Gasteiger charge is 2.18. The fourth-order valence-corrected chi connectivity index (χ4v) is 2.17. The highest BCUT2D eigenvalue weighted by atomic mass is 16.6. The standard InChI is InChI=1S/C16H23N3O3/c1-16(2,3)22-15(21)18-13-6-4-12(5-7-13)14(20)19-10-8-17-9-11-19/h4-7,17H,8-11H2,1-3H3,(H,18,21). The summed E-state index contributed by atoms with van der Waals surface area (Å²) in [6.45, 7) is 8.51. The second-order valence-electron chi connectivity index (χ2n) is 6.25. The van der Waals surface area contributed by atoms with E-state index < -0.39 is 11.7 Å². The van der Waals surface area contributed by atoms with Gasteiger partial charge in [-0.2, -0.15) is 0 Å². The summed E-state index contributed by atoms with van der Waals surface area (Å²) >= 11 is 0. The first-order chi connectivity index (χ1) is 10.3. The summed E-state index contributed by atoms with van der Waals surface area (Å²) in [4.78, 5) is 25.8. The van der Waals surface area contributed by atoms with Crippen molar-refractivity contribution in [3.05, 3.63) is 29.8 Å². The number of ether oxygens (including phenoxy) is 1. The summed E-state index contributed by atoms with van der Waals surface area (Å²) in [6, 6.07) is 6.85. The molecule has 0 radical (unpaired) electrons. The average Bonchev–Trinajstić information content (AvgIpc) is 2.46. The van der Waals surface area contributed by atoms with Crippen LogP contribution in [0.1, 0.15) is 31.1 Å². The molecular formula is C16H23N3O3. The quantitative estimate of drug-likeness (QED) is 0.877. The zero-order valence-corrected chi connectivity index (χ0v) is 13.3. The number of hydrogen-bond donors (Lipinski definition) is 2. The van der Waals surface area contributed by atoms with Crippen molar-refractivity contribution in [1.82, 2.24) is 10.2 Å². The van der Waals surface area contributed by atoms with Gasteiger partial charge in [0.05, 0.1) is 0 Å². The lowest BCUT2D eigenvalue weighted by Crippen LogP contribution is -2.46. The van der Waals surface area contributed by atoms with Gasteiger partial charge in [-0.1, -0.05) is 0 Å². The molecule has 2 N–H and O–H groups in total. The van der Waals surface area contributed by atoms with Gasteiger partial charge in [0.15, 0.2) is 0 Å². The van der Waals surface area contributed by atoms with Crippen molar-refractivity contribution in [2.75, 3.05) is 31.5 Å². The summed E-state index contributed by atoms with van der Waals surface area (Å²) in [7, 11) is 0.